The van der Waals surface area contributed by atoms with Crippen LogP contribution in [0.3, 0.4) is 0 Å². The van der Waals surface area contributed by atoms with Gasteiger partial charge in [0.1, 0.15) is 11.5 Å². The van der Waals surface area contributed by atoms with E-state index in [1.54, 1.807) is 32.5 Å². The molecule has 146 valence electrons. The molecule has 0 radical (unpaired) electrons. The van der Waals surface area contributed by atoms with Crippen LogP contribution in [0.1, 0.15) is 41.1 Å². The van der Waals surface area contributed by atoms with Crippen LogP contribution in [0.4, 0.5) is 0 Å². The Labute approximate surface area is 165 Å². The molecule has 0 unspecified atom stereocenters. The molecule has 1 aromatic carbocycles. The van der Waals surface area contributed by atoms with Crippen molar-refractivity contribution in [3.63, 3.8) is 0 Å². The predicted octanol–water partition coefficient (Wildman–Crippen LogP) is 3.92. The smallest absolute Gasteiger partial charge is 0.220 e. The molecule has 0 bridgehead atoms. The summed E-state index contributed by atoms with van der Waals surface area (Å²) in [6.07, 6.45) is 2.05. The molecule has 0 aliphatic carbocycles. The molecule has 5 nitrogen and oxygen atoms in total. The maximum Gasteiger partial charge on any atom is 0.220 e. The van der Waals surface area contributed by atoms with Gasteiger partial charge < -0.3 is 19.7 Å². The minimum Gasteiger partial charge on any atom is -0.497 e. The van der Waals surface area contributed by atoms with Crippen LogP contribution in [0, 0.1) is 6.92 Å². The lowest BCUT2D eigenvalue weighted by Gasteiger charge is -2.41. The van der Waals surface area contributed by atoms with Crippen molar-refractivity contribution >= 4 is 17.2 Å². The number of rotatable bonds is 6. The van der Waals surface area contributed by atoms with Crippen molar-refractivity contribution in [2.24, 2.45) is 0 Å². The highest BCUT2D eigenvalue weighted by molar-refractivity contribution is 7.12. The summed E-state index contributed by atoms with van der Waals surface area (Å²) in [7, 11) is 3.35. The van der Waals surface area contributed by atoms with Crippen molar-refractivity contribution in [3.8, 4) is 11.5 Å². The number of methoxy groups -OCH3 is 2. The zero-order valence-electron chi connectivity index (χ0n) is 16.5. The summed E-state index contributed by atoms with van der Waals surface area (Å²) in [5.41, 5.74) is 1.05. The van der Waals surface area contributed by atoms with E-state index in [4.69, 9.17) is 9.47 Å². The molecule has 3 rings (SSSR count). The number of likely N-dealkylation sites (tertiary alicyclic amines) is 1. The van der Waals surface area contributed by atoms with E-state index in [0.717, 1.165) is 36.4 Å². The summed E-state index contributed by atoms with van der Waals surface area (Å²) in [5, 5.41) is 3.68. The van der Waals surface area contributed by atoms with Gasteiger partial charge in [0.05, 0.1) is 20.3 Å². The number of benzene rings is 1. The zero-order valence-corrected chi connectivity index (χ0v) is 17.3. The number of ether oxygens (including phenoxy) is 2. The van der Waals surface area contributed by atoms with E-state index < -0.39 is 0 Å². The number of piperidine rings is 1. The van der Waals surface area contributed by atoms with E-state index in [0.29, 0.717) is 6.54 Å². The molecule has 1 aliphatic heterocycles. The van der Waals surface area contributed by atoms with E-state index in [1.807, 2.05) is 23.1 Å². The first-order chi connectivity index (χ1) is 13.0. The summed E-state index contributed by atoms with van der Waals surface area (Å²) < 4.78 is 10.9. The Morgan fingerprint density at radius 1 is 1.26 bits per heavy atom. The topological polar surface area (TPSA) is 50.8 Å². The largest absolute Gasteiger partial charge is 0.497 e. The van der Waals surface area contributed by atoms with Gasteiger partial charge in [0.15, 0.2) is 0 Å². The fourth-order valence-electron chi connectivity index (χ4n) is 3.79. The quantitative estimate of drug-likeness (QED) is 0.815. The van der Waals surface area contributed by atoms with E-state index in [9.17, 15) is 4.79 Å². The van der Waals surface area contributed by atoms with E-state index in [-0.39, 0.29) is 18.0 Å². The molecule has 0 spiro atoms. The van der Waals surface area contributed by atoms with Crippen LogP contribution in [0.25, 0.3) is 0 Å². The number of aryl methyl sites for hydroxylation is 1. The average Bonchev–Trinajstić information content (AvgIpc) is 3.11. The molecule has 2 aromatic rings. The molecular weight excluding hydrogens is 360 g/mol. The molecule has 2 heterocycles. The van der Waals surface area contributed by atoms with Gasteiger partial charge in [-0.3, -0.25) is 4.79 Å². The number of carbonyl (C=O) groups is 1. The summed E-state index contributed by atoms with van der Waals surface area (Å²) in [5.74, 6) is 1.79. The van der Waals surface area contributed by atoms with Crippen LogP contribution >= 0.6 is 11.3 Å². The normalized spacial score (nSPS) is 19.8. The van der Waals surface area contributed by atoms with Crippen LogP contribution < -0.4 is 14.8 Å². The highest BCUT2D eigenvalue weighted by Crippen LogP contribution is 2.36. The van der Waals surface area contributed by atoms with Crippen LogP contribution in [0.2, 0.25) is 0 Å². The van der Waals surface area contributed by atoms with Gasteiger partial charge in [-0.15, -0.1) is 11.3 Å². The Kier molecular flexibility index (Phi) is 6.39. The Bertz CT molecular complexity index is 789. The van der Waals surface area contributed by atoms with Gasteiger partial charge in [-0.2, -0.15) is 0 Å². The molecule has 6 heteroatoms. The van der Waals surface area contributed by atoms with Gasteiger partial charge in [0.25, 0.3) is 0 Å². The maximum atomic E-state index is 12.3. The second kappa shape index (κ2) is 8.76. The standard InChI is InChI=1S/C21H28N2O3S/c1-14-7-10-20(27-14)21-18(6-5-11-23(21)15(2)24)22-13-16-12-17(25-3)8-9-19(16)26-4/h7-10,12,18,21-22H,5-6,11,13H2,1-4H3/t18-,21-/m1/s1. The first-order valence-electron chi connectivity index (χ1n) is 9.31. The molecule has 1 fully saturated rings. The lowest BCUT2D eigenvalue weighted by atomic mass is 9.94. The number of thiophene rings is 1. The third kappa shape index (κ3) is 4.45. The number of amides is 1. The van der Waals surface area contributed by atoms with Crippen molar-refractivity contribution in [3.05, 3.63) is 45.6 Å². The highest BCUT2D eigenvalue weighted by Gasteiger charge is 2.34. The first kappa shape index (κ1) is 19.7. The van der Waals surface area contributed by atoms with Crippen molar-refractivity contribution in [2.75, 3.05) is 20.8 Å². The number of hydrogen-bond donors (Lipinski definition) is 1. The fraction of sp³-hybridized carbons (Fsp3) is 0.476. The molecule has 1 aromatic heterocycles. The van der Waals surface area contributed by atoms with Gasteiger partial charge >= 0.3 is 0 Å². The lowest BCUT2D eigenvalue weighted by Crippen LogP contribution is -2.49. The highest BCUT2D eigenvalue weighted by atomic mass is 32.1. The fourth-order valence-corrected chi connectivity index (χ4v) is 4.84. The first-order valence-corrected chi connectivity index (χ1v) is 10.1. The van der Waals surface area contributed by atoms with Gasteiger partial charge in [-0.1, -0.05) is 0 Å². The molecule has 27 heavy (non-hydrogen) atoms. The second-order valence-electron chi connectivity index (χ2n) is 6.91. The zero-order chi connectivity index (χ0) is 19.4. The minimum absolute atomic E-state index is 0.0755. The third-order valence-corrected chi connectivity index (χ3v) is 6.20. The lowest BCUT2D eigenvalue weighted by molar-refractivity contribution is -0.133. The van der Waals surface area contributed by atoms with Gasteiger partial charge in [-0.25, -0.2) is 0 Å². The van der Waals surface area contributed by atoms with Gasteiger partial charge in [0.2, 0.25) is 5.91 Å². The van der Waals surface area contributed by atoms with Gasteiger partial charge in [0, 0.05) is 41.4 Å². The SMILES string of the molecule is COc1ccc(OC)c(CN[C@@H]2CCCN(C(C)=O)[C@H]2c2ccc(C)s2)c1. The number of carbonyl (C=O) groups excluding carboxylic acids is 1. The Hall–Kier alpha value is -2.05. The summed E-state index contributed by atoms with van der Waals surface area (Å²) >= 11 is 1.78. The number of nitrogens with zero attached hydrogens (tertiary/aromatic N) is 1. The third-order valence-electron chi connectivity index (χ3n) is 5.13. The Morgan fingerprint density at radius 2 is 2.07 bits per heavy atom. The molecule has 1 N–H and O–H groups in total. The molecule has 1 amide bonds. The number of nitrogens with one attached hydrogen (secondary N) is 1. The second-order valence-corrected chi connectivity index (χ2v) is 8.23. The molecule has 0 saturated carbocycles. The number of hydrogen-bond acceptors (Lipinski definition) is 5. The molecular formula is C21H28N2O3S. The van der Waals surface area contributed by atoms with Crippen LogP contribution in [-0.2, 0) is 11.3 Å². The summed E-state index contributed by atoms with van der Waals surface area (Å²) in [6, 6.07) is 10.4. The Morgan fingerprint density at radius 3 is 2.70 bits per heavy atom. The molecule has 1 saturated heterocycles. The van der Waals surface area contributed by atoms with Crippen molar-refractivity contribution in [1.29, 1.82) is 0 Å². The van der Waals surface area contributed by atoms with Crippen molar-refractivity contribution < 1.29 is 14.3 Å². The van der Waals surface area contributed by atoms with E-state index >= 15 is 0 Å². The maximum absolute atomic E-state index is 12.3. The van der Waals surface area contributed by atoms with Crippen LogP contribution in [0.5, 0.6) is 11.5 Å². The molecule has 1 aliphatic rings. The van der Waals surface area contributed by atoms with Gasteiger partial charge in [-0.05, 0) is 50.1 Å². The van der Waals surface area contributed by atoms with E-state index in [2.05, 4.69) is 24.4 Å². The summed E-state index contributed by atoms with van der Waals surface area (Å²) in [4.78, 5) is 16.8. The molecule has 2 atom stereocenters. The van der Waals surface area contributed by atoms with Crippen LogP contribution in [-0.4, -0.2) is 37.6 Å². The monoisotopic (exact) mass is 388 g/mol. The predicted molar refractivity (Wildman–Crippen MR) is 109 cm³/mol. The van der Waals surface area contributed by atoms with Crippen LogP contribution in [0.15, 0.2) is 30.3 Å². The average molecular weight is 389 g/mol. The van der Waals surface area contributed by atoms with Crippen molar-refractivity contribution in [1.82, 2.24) is 10.2 Å². The minimum atomic E-state index is 0.0755. The van der Waals surface area contributed by atoms with Crippen molar-refractivity contribution in [2.45, 2.75) is 45.3 Å². The Balaban J connectivity index is 1.82. The summed E-state index contributed by atoms with van der Waals surface area (Å²) in [6.45, 7) is 5.26. The van der Waals surface area contributed by atoms with E-state index in [1.165, 1.54) is 9.75 Å².